The van der Waals surface area contributed by atoms with Gasteiger partial charge in [-0.2, -0.15) is 5.26 Å². The van der Waals surface area contributed by atoms with Crippen molar-refractivity contribution in [1.82, 2.24) is 35.5 Å². The lowest BCUT2D eigenvalue weighted by molar-refractivity contribution is -0.169. The maximum atomic E-state index is 12.5. The number of nitrogens with zero attached hydrogens (tertiary/aromatic N) is 7. The van der Waals surface area contributed by atoms with Crippen LogP contribution < -0.4 is 10.6 Å². The topological polar surface area (TPSA) is 162 Å². The molecule has 282 valence electrons. The molecule has 4 heterocycles. The van der Waals surface area contributed by atoms with Crippen LogP contribution in [-0.2, 0) is 32.0 Å². The van der Waals surface area contributed by atoms with Crippen LogP contribution in [0.1, 0.15) is 97.8 Å². The molecule has 1 saturated heterocycles. The largest absolute Gasteiger partial charge is 0.437 e. The number of halogens is 1. The maximum Gasteiger partial charge on any atom is 0.313 e. The van der Waals surface area contributed by atoms with Gasteiger partial charge in [0.05, 0.1) is 34.2 Å². The Balaban J connectivity index is 1.05. The molecule has 1 aliphatic carbocycles. The first-order chi connectivity index (χ1) is 24.8. The number of rotatable bonds is 15. The van der Waals surface area contributed by atoms with E-state index in [9.17, 15) is 10.1 Å². The molecule has 14 heteroatoms. The Morgan fingerprint density at radius 2 is 1.92 bits per heavy atom. The van der Waals surface area contributed by atoms with E-state index < -0.39 is 17.1 Å². The van der Waals surface area contributed by atoms with Crippen molar-refractivity contribution in [1.29, 1.82) is 5.26 Å². The van der Waals surface area contributed by atoms with E-state index >= 15 is 0 Å². The van der Waals surface area contributed by atoms with E-state index in [2.05, 4.69) is 50.1 Å². The Bertz CT molecular complexity index is 1660. The zero-order chi connectivity index (χ0) is 37.3. The van der Waals surface area contributed by atoms with Crippen LogP contribution in [0.2, 0.25) is 5.02 Å². The second-order valence-corrected chi connectivity index (χ2v) is 16.1. The van der Waals surface area contributed by atoms with Crippen LogP contribution in [0, 0.1) is 34.0 Å². The van der Waals surface area contributed by atoms with Gasteiger partial charge in [0.25, 0.3) is 0 Å². The Kier molecular flexibility index (Phi) is 13.6. The summed E-state index contributed by atoms with van der Waals surface area (Å²) in [5.41, 5.74) is 1.59. The van der Waals surface area contributed by atoms with Gasteiger partial charge in [-0.1, -0.05) is 31.5 Å². The zero-order valence-corrected chi connectivity index (χ0v) is 32.2. The molecule has 3 aromatic rings. The minimum absolute atomic E-state index is 0.0238. The molecule has 0 radical (unpaired) electrons. The summed E-state index contributed by atoms with van der Waals surface area (Å²) >= 11 is 6.64. The molecule has 5 rings (SSSR count). The third kappa shape index (κ3) is 10.9. The van der Waals surface area contributed by atoms with Gasteiger partial charge in [-0.3, -0.25) is 9.78 Å². The van der Waals surface area contributed by atoms with Crippen LogP contribution in [0.5, 0.6) is 0 Å². The highest BCUT2D eigenvalue weighted by Gasteiger charge is 2.33. The Morgan fingerprint density at radius 3 is 2.62 bits per heavy atom. The van der Waals surface area contributed by atoms with Crippen LogP contribution in [0.4, 0.5) is 5.82 Å². The summed E-state index contributed by atoms with van der Waals surface area (Å²) in [6.07, 6.45) is 7.80. The number of nitrogens with one attached hydrogen (secondary N) is 2. The highest BCUT2D eigenvalue weighted by atomic mass is 35.5. The summed E-state index contributed by atoms with van der Waals surface area (Å²) in [5.74, 6) is 1.37. The van der Waals surface area contributed by atoms with E-state index in [1.54, 1.807) is 6.20 Å². The standard InChI is InChI=1S/C38H54ClN9O4/c1-25(2)35(52-36(49)37(4,5)6)48-46-34(45-47-48)22-51-21-26(3)43-28-12-10-27(11-13-28)18-29-19-30(31(39)20-41-29)32-8-7-9-33(44-32)42-24-38(23-40)14-16-50-17-15-38/h7-9,19-20,25-28,35,43H,10-18,21-22,24H2,1-6H3,(H,42,44)/t26-,27?,28?,35+/m1/s1. The number of nitriles is 1. The molecule has 0 aromatic carbocycles. The summed E-state index contributed by atoms with van der Waals surface area (Å²) in [4.78, 5) is 23.3. The Morgan fingerprint density at radius 1 is 1.17 bits per heavy atom. The minimum atomic E-state index is -0.634. The number of anilines is 1. The highest BCUT2D eigenvalue weighted by molar-refractivity contribution is 6.33. The number of pyridine rings is 2. The number of tetrazole rings is 1. The van der Waals surface area contributed by atoms with E-state index in [4.69, 9.17) is 30.8 Å². The summed E-state index contributed by atoms with van der Waals surface area (Å²) in [6.45, 7) is 14.0. The lowest BCUT2D eigenvalue weighted by Crippen LogP contribution is -2.41. The fourth-order valence-corrected chi connectivity index (χ4v) is 6.79. The first-order valence-electron chi connectivity index (χ1n) is 18.5. The summed E-state index contributed by atoms with van der Waals surface area (Å²) in [6, 6.07) is 11.0. The van der Waals surface area contributed by atoms with Crippen molar-refractivity contribution in [2.24, 2.45) is 22.7 Å². The molecule has 2 N–H and O–H groups in total. The summed E-state index contributed by atoms with van der Waals surface area (Å²) < 4.78 is 17.1. The number of carbonyl (C=O) groups excluding carboxylic acids is 1. The number of hydrogen-bond acceptors (Lipinski definition) is 12. The predicted molar refractivity (Wildman–Crippen MR) is 198 cm³/mol. The van der Waals surface area contributed by atoms with Crippen molar-refractivity contribution in [3.63, 3.8) is 0 Å². The number of esters is 1. The van der Waals surface area contributed by atoms with Crippen molar-refractivity contribution in [3.05, 3.63) is 47.0 Å². The van der Waals surface area contributed by atoms with E-state index in [0.29, 0.717) is 62.0 Å². The van der Waals surface area contributed by atoms with Crippen LogP contribution in [-0.4, -0.2) is 74.6 Å². The van der Waals surface area contributed by atoms with Crippen molar-refractivity contribution < 1.29 is 19.0 Å². The molecule has 2 atom stereocenters. The fourth-order valence-electron chi connectivity index (χ4n) is 6.59. The molecule has 0 spiro atoms. The number of hydrogen-bond donors (Lipinski definition) is 2. The number of carbonyl (C=O) groups is 1. The second kappa shape index (κ2) is 17.9. The lowest BCUT2D eigenvalue weighted by Gasteiger charge is -2.31. The summed E-state index contributed by atoms with van der Waals surface area (Å²) in [7, 11) is 0. The van der Waals surface area contributed by atoms with Gasteiger partial charge in [-0.05, 0) is 102 Å². The first kappa shape index (κ1) is 39.5. The monoisotopic (exact) mass is 735 g/mol. The highest BCUT2D eigenvalue weighted by Crippen LogP contribution is 2.33. The molecule has 2 aliphatic rings. The number of ether oxygens (including phenoxy) is 3. The van der Waals surface area contributed by atoms with Gasteiger partial charge in [0, 0.05) is 55.2 Å². The SMILES string of the molecule is CC(C)[C@H](OC(=O)C(C)(C)C)n1nnc(COC[C@@H](C)NC2CCC(Cc3cc(-c4cccc(NCC5(C#N)CCOCC5)n4)c(Cl)cn3)CC2)n1. The van der Waals surface area contributed by atoms with E-state index in [1.807, 2.05) is 52.8 Å². The molecule has 13 nitrogen and oxygen atoms in total. The molecule has 52 heavy (non-hydrogen) atoms. The van der Waals surface area contributed by atoms with Gasteiger partial charge < -0.3 is 24.8 Å². The van der Waals surface area contributed by atoms with Gasteiger partial charge in [0.15, 0.2) is 0 Å². The average Bonchev–Trinajstić information content (AvgIpc) is 3.59. The van der Waals surface area contributed by atoms with Gasteiger partial charge in [0.2, 0.25) is 12.1 Å². The predicted octanol–water partition coefficient (Wildman–Crippen LogP) is 6.56. The smallest absolute Gasteiger partial charge is 0.313 e. The quantitative estimate of drug-likeness (QED) is 0.162. The van der Waals surface area contributed by atoms with E-state index in [-0.39, 0.29) is 24.5 Å². The van der Waals surface area contributed by atoms with Gasteiger partial charge in [-0.25, -0.2) is 4.98 Å². The number of aromatic nitrogens is 6. The van der Waals surface area contributed by atoms with Crippen LogP contribution in [0.3, 0.4) is 0 Å². The fraction of sp³-hybridized carbons (Fsp3) is 0.658. The van der Waals surface area contributed by atoms with Gasteiger partial charge >= 0.3 is 5.97 Å². The van der Waals surface area contributed by atoms with Gasteiger partial charge in [-0.15, -0.1) is 15.0 Å². The van der Waals surface area contributed by atoms with Crippen LogP contribution in [0.25, 0.3) is 11.3 Å². The van der Waals surface area contributed by atoms with Crippen molar-refractivity contribution in [3.8, 4) is 17.3 Å². The first-order valence-corrected chi connectivity index (χ1v) is 18.9. The average molecular weight is 736 g/mol. The molecular formula is C38H54ClN9O4. The molecular weight excluding hydrogens is 682 g/mol. The Hall–Kier alpha value is -3.70. The van der Waals surface area contributed by atoms with E-state index in [0.717, 1.165) is 54.9 Å². The molecule has 3 aromatic heterocycles. The van der Waals surface area contributed by atoms with E-state index in [1.165, 1.54) is 4.80 Å². The molecule has 1 saturated carbocycles. The molecule has 0 bridgehead atoms. The summed E-state index contributed by atoms with van der Waals surface area (Å²) in [5, 5.41) is 30.2. The molecule has 0 unspecified atom stereocenters. The zero-order valence-electron chi connectivity index (χ0n) is 31.4. The third-order valence-electron chi connectivity index (χ3n) is 9.80. The molecule has 1 aliphatic heterocycles. The van der Waals surface area contributed by atoms with Crippen LogP contribution in [0.15, 0.2) is 30.5 Å². The van der Waals surface area contributed by atoms with Crippen molar-refractivity contribution >= 4 is 23.4 Å². The Labute approximate surface area is 312 Å². The lowest BCUT2D eigenvalue weighted by atomic mass is 9.82. The van der Waals surface area contributed by atoms with Crippen molar-refractivity contribution in [2.75, 3.05) is 31.7 Å². The minimum Gasteiger partial charge on any atom is -0.437 e. The van der Waals surface area contributed by atoms with Crippen molar-refractivity contribution in [2.45, 2.75) is 111 Å². The second-order valence-electron chi connectivity index (χ2n) is 15.7. The van der Waals surface area contributed by atoms with Gasteiger partial charge in [0.1, 0.15) is 12.4 Å². The third-order valence-corrected chi connectivity index (χ3v) is 10.1. The molecule has 2 fully saturated rings. The molecule has 0 amide bonds. The normalized spacial score (nSPS) is 20.2. The van der Waals surface area contributed by atoms with Crippen LogP contribution >= 0.6 is 11.6 Å². The maximum absolute atomic E-state index is 12.5.